The van der Waals surface area contributed by atoms with Crippen LogP contribution in [0.4, 0.5) is 17.1 Å². The van der Waals surface area contributed by atoms with Gasteiger partial charge < -0.3 is 15.1 Å². The van der Waals surface area contributed by atoms with E-state index in [4.69, 9.17) is 4.42 Å². The summed E-state index contributed by atoms with van der Waals surface area (Å²) in [6.07, 6.45) is 15.7. The molecule has 3 aromatic carbocycles. The summed E-state index contributed by atoms with van der Waals surface area (Å²) < 4.78 is 6.65. The first kappa shape index (κ1) is 40.5. The molecule has 0 spiro atoms. The average molecular weight is 735 g/mol. The lowest BCUT2D eigenvalue weighted by Crippen LogP contribution is -2.46. The predicted molar refractivity (Wildman–Crippen MR) is 243 cm³/mol. The molecule has 290 valence electrons. The van der Waals surface area contributed by atoms with E-state index in [0.29, 0.717) is 5.92 Å². The van der Waals surface area contributed by atoms with Crippen LogP contribution in [-0.2, 0) is 21.7 Å². The largest absolute Gasteiger partial charge is 0.465 e. The minimum atomic E-state index is -0.0925. The van der Waals surface area contributed by atoms with Crippen molar-refractivity contribution in [1.82, 2.24) is 0 Å². The standard InChI is InChI=1S/C51H67BN2O/c1-32(2)34(5)30-53-44-25-35(48(6,7)8)26-45(54-37-21-22-38(33(3)4)40(27-37)49(9,10)11)47(44)52(36-19-17-16-18-20-36)43-31-55-46-29-42-41(28-39(43)46)50(12,13)23-24-51(42,14)15/h17,19-22,25-31,33,53-54H,1,16,18,23-24H2,2-15H3/b34-30-. The third kappa shape index (κ3) is 8.21. The molecule has 0 aliphatic heterocycles. The van der Waals surface area contributed by atoms with Gasteiger partial charge in [-0.2, -0.15) is 0 Å². The molecule has 0 saturated carbocycles. The lowest BCUT2D eigenvalue weighted by Gasteiger charge is -2.41. The fraction of sp³-hybridized carbons (Fsp3) is 0.451. The van der Waals surface area contributed by atoms with Gasteiger partial charge in [0.1, 0.15) is 5.58 Å². The van der Waals surface area contributed by atoms with Crippen molar-refractivity contribution in [3.63, 3.8) is 0 Å². The quantitative estimate of drug-likeness (QED) is 0.133. The zero-order valence-corrected chi connectivity index (χ0v) is 36.5. The molecule has 2 N–H and O–H groups in total. The molecule has 4 heteroatoms. The molecule has 0 saturated heterocycles. The first-order valence-electron chi connectivity index (χ1n) is 20.7. The molecule has 2 aliphatic rings. The number of allylic oxidation sites excluding steroid dienone is 6. The number of hydrogen-bond acceptors (Lipinski definition) is 3. The summed E-state index contributed by atoms with van der Waals surface area (Å²) >= 11 is 0. The Bertz CT molecular complexity index is 2210. The Morgan fingerprint density at radius 1 is 0.855 bits per heavy atom. The average Bonchev–Trinajstić information content (AvgIpc) is 3.51. The summed E-state index contributed by atoms with van der Waals surface area (Å²) in [6.45, 7) is 36.5. The van der Waals surface area contributed by atoms with Crippen molar-refractivity contribution >= 4 is 45.7 Å². The zero-order valence-electron chi connectivity index (χ0n) is 36.5. The first-order chi connectivity index (χ1) is 25.6. The van der Waals surface area contributed by atoms with Crippen molar-refractivity contribution in [3.8, 4) is 0 Å². The van der Waals surface area contributed by atoms with Gasteiger partial charge in [0.15, 0.2) is 0 Å². The molecular weight excluding hydrogens is 667 g/mol. The third-order valence-corrected chi connectivity index (χ3v) is 12.5. The highest BCUT2D eigenvalue weighted by Gasteiger charge is 2.39. The number of fused-ring (bicyclic) bond motifs is 2. The van der Waals surface area contributed by atoms with Crippen LogP contribution in [0.3, 0.4) is 0 Å². The van der Waals surface area contributed by atoms with E-state index >= 15 is 0 Å². The van der Waals surface area contributed by atoms with E-state index in [1.165, 1.54) is 62.4 Å². The summed E-state index contributed by atoms with van der Waals surface area (Å²) in [7, 11) is 0. The van der Waals surface area contributed by atoms with Crippen LogP contribution in [0.1, 0.15) is 156 Å². The number of furan rings is 1. The monoisotopic (exact) mass is 735 g/mol. The molecule has 55 heavy (non-hydrogen) atoms. The number of hydrogen-bond donors (Lipinski definition) is 2. The van der Waals surface area contributed by atoms with Crippen LogP contribution in [0.15, 0.2) is 101 Å². The van der Waals surface area contributed by atoms with Crippen molar-refractivity contribution in [3.05, 3.63) is 124 Å². The van der Waals surface area contributed by atoms with Crippen molar-refractivity contribution in [2.75, 3.05) is 10.6 Å². The summed E-state index contributed by atoms with van der Waals surface area (Å²) in [5, 5.41) is 9.11. The third-order valence-electron chi connectivity index (χ3n) is 12.5. The molecule has 0 atom stereocenters. The van der Waals surface area contributed by atoms with E-state index in [2.05, 4.69) is 187 Å². The van der Waals surface area contributed by atoms with E-state index in [9.17, 15) is 0 Å². The van der Waals surface area contributed by atoms with Gasteiger partial charge >= 0.3 is 0 Å². The van der Waals surface area contributed by atoms with Gasteiger partial charge in [0.05, 0.1) is 6.26 Å². The number of nitrogens with one attached hydrogen (secondary N) is 2. The molecule has 2 aliphatic carbocycles. The van der Waals surface area contributed by atoms with Crippen LogP contribution in [0.2, 0.25) is 0 Å². The molecule has 0 amide bonds. The smallest absolute Gasteiger partial charge is 0.251 e. The molecule has 0 radical (unpaired) electrons. The summed E-state index contributed by atoms with van der Waals surface area (Å²) in [4.78, 5) is 0. The Kier molecular flexibility index (Phi) is 10.8. The van der Waals surface area contributed by atoms with Crippen molar-refractivity contribution in [1.29, 1.82) is 0 Å². The Labute approximate surface area is 333 Å². The molecule has 0 unspecified atom stereocenters. The second-order valence-electron chi connectivity index (χ2n) is 20.3. The highest BCUT2D eigenvalue weighted by Crippen LogP contribution is 2.47. The van der Waals surface area contributed by atoms with Gasteiger partial charge in [-0.25, -0.2) is 0 Å². The van der Waals surface area contributed by atoms with Crippen LogP contribution >= 0.6 is 0 Å². The van der Waals surface area contributed by atoms with E-state index in [1.54, 1.807) is 0 Å². The topological polar surface area (TPSA) is 37.2 Å². The Morgan fingerprint density at radius 2 is 1.51 bits per heavy atom. The molecule has 3 nitrogen and oxygen atoms in total. The Balaban J connectivity index is 1.68. The predicted octanol–water partition coefficient (Wildman–Crippen LogP) is 13.6. The Morgan fingerprint density at radius 3 is 2.09 bits per heavy atom. The van der Waals surface area contributed by atoms with Crippen molar-refractivity contribution in [2.24, 2.45) is 0 Å². The molecule has 0 bridgehead atoms. The second kappa shape index (κ2) is 14.7. The molecule has 4 aromatic rings. The summed E-state index contributed by atoms with van der Waals surface area (Å²) in [5.74, 6) is 0.437. The SMILES string of the molecule is C=C(C)/C(C)=C\Nc1cc(C(C)(C)C)cc(Nc2ccc(C(C)C)c(C(C)(C)C)c2)c1B(C1=CCCC=C1)c1coc2cc3c(cc12)C(C)(C)CCC3(C)C. The van der Waals surface area contributed by atoms with Gasteiger partial charge in [-0.05, 0) is 148 Å². The van der Waals surface area contributed by atoms with Crippen LogP contribution in [0, 0.1) is 0 Å². The van der Waals surface area contributed by atoms with Crippen LogP contribution in [0.25, 0.3) is 11.0 Å². The van der Waals surface area contributed by atoms with Gasteiger partial charge in [0.2, 0.25) is 0 Å². The Hall–Kier alpha value is -4.18. The molecule has 1 heterocycles. The number of benzene rings is 3. The van der Waals surface area contributed by atoms with Crippen LogP contribution < -0.4 is 21.6 Å². The fourth-order valence-corrected chi connectivity index (χ4v) is 8.55. The normalized spacial score (nSPS) is 16.9. The molecule has 1 aromatic heterocycles. The lowest BCUT2D eigenvalue weighted by atomic mass is 9.35. The molecule has 6 rings (SSSR count). The van der Waals surface area contributed by atoms with E-state index < -0.39 is 0 Å². The van der Waals surface area contributed by atoms with Gasteiger partial charge in [0, 0.05) is 28.6 Å². The number of anilines is 3. The fourth-order valence-electron chi connectivity index (χ4n) is 8.55. The van der Waals surface area contributed by atoms with Crippen LogP contribution in [-0.4, -0.2) is 6.71 Å². The molecule has 0 fully saturated rings. The molecular formula is C51H67BN2O. The zero-order chi connectivity index (χ0) is 40.2. The van der Waals surface area contributed by atoms with Gasteiger partial charge in [0.25, 0.3) is 6.71 Å². The highest BCUT2D eigenvalue weighted by atomic mass is 16.3. The maximum Gasteiger partial charge on any atom is 0.251 e. The van der Waals surface area contributed by atoms with E-state index in [1.807, 2.05) is 0 Å². The maximum atomic E-state index is 6.65. The number of rotatable bonds is 9. The maximum absolute atomic E-state index is 6.65. The van der Waals surface area contributed by atoms with Gasteiger partial charge in [-0.15, -0.1) is 0 Å². The van der Waals surface area contributed by atoms with Crippen LogP contribution in [0.5, 0.6) is 0 Å². The lowest BCUT2D eigenvalue weighted by molar-refractivity contribution is 0.332. The highest BCUT2D eigenvalue weighted by molar-refractivity contribution is 6.94. The van der Waals surface area contributed by atoms with Gasteiger partial charge in [-0.3, -0.25) is 0 Å². The van der Waals surface area contributed by atoms with Gasteiger partial charge in [-0.1, -0.05) is 125 Å². The minimum absolute atomic E-state index is 0.00238. The summed E-state index contributed by atoms with van der Waals surface area (Å²) in [5.41, 5.74) is 17.2. The summed E-state index contributed by atoms with van der Waals surface area (Å²) in [6, 6.07) is 16.6. The first-order valence-corrected chi connectivity index (χ1v) is 20.7. The van der Waals surface area contributed by atoms with Crippen molar-refractivity contribution in [2.45, 2.75) is 150 Å². The second-order valence-corrected chi connectivity index (χ2v) is 20.3. The minimum Gasteiger partial charge on any atom is -0.465 e. The van der Waals surface area contributed by atoms with Crippen molar-refractivity contribution < 1.29 is 4.42 Å². The van der Waals surface area contributed by atoms with E-state index in [-0.39, 0.29) is 28.4 Å². The van der Waals surface area contributed by atoms with E-state index in [0.717, 1.165) is 46.6 Å².